The van der Waals surface area contributed by atoms with E-state index in [-0.39, 0.29) is 29.3 Å². The molecule has 2 aliphatic heterocycles. The molecule has 2 aromatic heterocycles. The van der Waals surface area contributed by atoms with Gasteiger partial charge in [0.1, 0.15) is 11.0 Å². The van der Waals surface area contributed by atoms with Gasteiger partial charge in [0.15, 0.2) is 0 Å². The predicted molar refractivity (Wildman–Crippen MR) is 123 cm³/mol. The molecule has 2 saturated heterocycles. The number of amides is 1. The molecule has 0 aliphatic carbocycles. The largest absolute Gasteiger partial charge is 0.550 e. The molecule has 2 fully saturated rings. The summed E-state index contributed by atoms with van der Waals surface area (Å²) in [4.78, 5) is 38.4. The second kappa shape index (κ2) is 10.9. The summed E-state index contributed by atoms with van der Waals surface area (Å²) in [6.45, 7) is 6.01. The molecule has 8 nitrogen and oxygen atoms in total. The summed E-state index contributed by atoms with van der Waals surface area (Å²) in [6.07, 6.45) is 4.96. The fourth-order valence-electron chi connectivity index (χ4n) is 5.03. The first-order chi connectivity index (χ1) is 16.0. The number of rotatable bonds is 7. The molecule has 2 atom stereocenters. The molecule has 176 valence electrons. The van der Waals surface area contributed by atoms with Crippen LogP contribution >= 0.6 is 11.6 Å². The van der Waals surface area contributed by atoms with Crippen molar-refractivity contribution in [2.45, 2.75) is 19.3 Å². The number of nitrogens with zero attached hydrogens (tertiary/aromatic N) is 4. The van der Waals surface area contributed by atoms with E-state index < -0.39 is 5.97 Å². The Labute approximate surface area is 199 Å². The van der Waals surface area contributed by atoms with Crippen LogP contribution in [0, 0.1) is 11.8 Å². The molecule has 0 radical (unpaired) electrons. The Morgan fingerprint density at radius 3 is 2.61 bits per heavy atom. The zero-order chi connectivity index (χ0) is 23.2. The third kappa shape index (κ3) is 6.21. The van der Waals surface area contributed by atoms with Crippen molar-refractivity contribution in [2.24, 2.45) is 11.8 Å². The van der Waals surface area contributed by atoms with E-state index in [1.807, 2.05) is 29.3 Å². The van der Waals surface area contributed by atoms with Crippen LogP contribution in [-0.4, -0.2) is 72.6 Å². The lowest BCUT2D eigenvalue weighted by Gasteiger charge is -2.40. The van der Waals surface area contributed by atoms with Gasteiger partial charge in [0.2, 0.25) is 0 Å². The highest BCUT2D eigenvalue weighted by atomic mass is 35.5. The van der Waals surface area contributed by atoms with Crippen LogP contribution in [0.3, 0.4) is 0 Å². The number of carboxylic acids is 1. The van der Waals surface area contributed by atoms with Gasteiger partial charge >= 0.3 is 0 Å². The molecule has 1 N–H and O–H groups in total. The third-order valence-electron chi connectivity index (χ3n) is 6.89. The fourth-order valence-corrected chi connectivity index (χ4v) is 5.20. The van der Waals surface area contributed by atoms with E-state index in [9.17, 15) is 14.7 Å². The number of halogens is 1. The number of quaternary nitrogens is 1. The number of carboxylic acid groups (broad SMARTS) is 1. The van der Waals surface area contributed by atoms with Crippen molar-refractivity contribution >= 4 is 29.3 Å². The van der Waals surface area contributed by atoms with Crippen LogP contribution in [0.2, 0.25) is 5.15 Å². The van der Waals surface area contributed by atoms with Crippen molar-refractivity contribution in [3.63, 3.8) is 0 Å². The van der Waals surface area contributed by atoms with Crippen molar-refractivity contribution in [1.29, 1.82) is 0 Å². The Balaban J connectivity index is 1.34. The van der Waals surface area contributed by atoms with Gasteiger partial charge in [-0.3, -0.25) is 4.79 Å². The van der Waals surface area contributed by atoms with Gasteiger partial charge in [-0.1, -0.05) is 17.7 Å². The Kier molecular flexibility index (Phi) is 7.77. The molecule has 33 heavy (non-hydrogen) atoms. The zero-order valence-corrected chi connectivity index (χ0v) is 19.4. The van der Waals surface area contributed by atoms with Gasteiger partial charge in [0, 0.05) is 43.4 Å². The molecule has 1 amide bonds. The zero-order valence-electron chi connectivity index (χ0n) is 18.7. The van der Waals surface area contributed by atoms with E-state index in [2.05, 4.69) is 14.9 Å². The van der Waals surface area contributed by atoms with Crippen molar-refractivity contribution in [2.75, 3.05) is 50.7 Å². The van der Waals surface area contributed by atoms with Crippen LogP contribution in [-0.2, 0) is 4.79 Å². The standard InChI is InChI=1S/C24H30ClN5O3/c25-21-15-19(4-8-26-21)24(33)30-10-6-18(16-23(31)32)20(17-30)5-9-28-11-13-29(14-12-28)22-3-1-2-7-27-22/h1-4,7-8,15,18,20H,5-6,9-14,16-17H2,(H,31,32)/t18-,20-/m0/s1. The number of likely N-dealkylation sites (tertiary alicyclic amines) is 1. The lowest BCUT2D eigenvalue weighted by Crippen LogP contribution is -3.15. The highest BCUT2D eigenvalue weighted by Crippen LogP contribution is 2.29. The smallest absolute Gasteiger partial charge is 0.254 e. The Morgan fingerprint density at radius 2 is 1.91 bits per heavy atom. The Hall–Kier alpha value is -2.71. The Morgan fingerprint density at radius 1 is 1.09 bits per heavy atom. The van der Waals surface area contributed by atoms with E-state index in [0.717, 1.165) is 45.0 Å². The number of pyridine rings is 2. The van der Waals surface area contributed by atoms with Crippen molar-refractivity contribution < 1.29 is 19.6 Å². The average molecular weight is 472 g/mol. The maximum absolute atomic E-state index is 13.0. The van der Waals surface area contributed by atoms with Gasteiger partial charge in [-0.05, 0) is 48.9 Å². The molecule has 0 bridgehead atoms. The summed E-state index contributed by atoms with van der Waals surface area (Å²) in [5, 5.41) is 11.6. The number of carbonyl (C=O) groups is 2. The van der Waals surface area contributed by atoms with Gasteiger partial charge in [-0.2, -0.15) is 0 Å². The van der Waals surface area contributed by atoms with Gasteiger partial charge in [-0.15, -0.1) is 0 Å². The van der Waals surface area contributed by atoms with Crippen molar-refractivity contribution in [1.82, 2.24) is 14.9 Å². The predicted octanol–water partition coefficient (Wildman–Crippen LogP) is 0.144. The fraction of sp³-hybridized carbons (Fsp3) is 0.500. The topological polar surface area (TPSA) is 93.9 Å². The molecular formula is C24H30ClN5O3. The summed E-state index contributed by atoms with van der Waals surface area (Å²) in [7, 11) is 0. The van der Waals surface area contributed by atoms with E-state index >= 15 is 0 Å². The normalized spacial score (nSPS) is 21.7. The number of hydrogen-bond acceptors (Lipinski definition) is 6. The molecule has 2 aliphatic rings. The average Bonchev–Trinajstić information content (AvgIpc) is 2.83. The third-order valence-corrected chi connectivity index (χ3v) is 7.10. The van der Waals surface area contributed by atoms with Gasteiger partial charge < -0.3 is 24.6 Å². The minimum atomic E-state index is -1.01. The SMILES string of the molecule is O=C([O-])C[C@@H]1CCN(C(=O)c2ccnc(Cl)c2)C[C@@H]1CC[NH+]1CCN(c2ccccn2)CC1. The molecule has 0 unspecified atom stereocenters. The van der Waals surface area contributed by atoms with Crippen LogP contribution in [0.15, 0.2) is 42.7 Å². The highest BCUT2D eigenvalue weighted by Gasteiger charge is 2.33. The molecular weight excluding hydrogens is 442 g/mol. The maximum Gasteiger partial charge on any atom is 0.254 e. The second-order valence-electron chi connectivity index (χ2n) is 8.97. The van der Waals surface area contributed by atoms with E-state index in [0.29, 0.717) is 25.1 Å². The first-order valence-electron chi connectivity index (χ1n) is 11.6. The maximum atomic E-state index is 13.0. The first kappa shape index (κ1) is 23.4. The molecule has 0 saturated carbocycles. The van der Waals surface area contributed by atoms with Gasteiger partial charge in [0.05, 0.1) is 32.7 Å². The number of piperazine rings is 1. The first-order valence-corrected chi connectivity index (χ1v) is 12.0. The van der Waals surface area contributed by atoms with Gasteiger partial charge in [-0.25, -0.2) is 9.97 Å². The molecule has 2 aromatic rings. The minimum Gasteiger partial charge on any atom is -0.550 e. The number of carbonyl (C=O) groups excluding carboxylic acids is 2. The Bertz CT molecular complexity index is 952. The van der Waals surface area contributed by atoms with E-state index in [1.165, 1.54) is 11.1 Å². The van der Waals surface area contributed by atoms with Crippen LogP contribution in [0.4, 0.5) is 5.82 Å². The lowest BCUT2D eigenvalue weighted by molar-refractivity contribution is -0.901. The number of nitrogens with one attached hydrogen (secondary N) is 1. The van der Waals surface area contributed by atoms with Crippen molar-refractivity contribution in [3.8, 4) is 0 Å². The van der Waals surface area contributed by atoms with Crippen molar-refractivity contribution in [3.05, 3.63) is 53.4 Å². The number of piperidine rings is 1. The summed E-state index contributed by atoms with van der Waals surface area (Å²) in [6, 6.07) is 9.22. The summed E-state index contributed by atoms with van der Waals surface area (Å²) in [5.74, 6) is 0.103. The highest BCUT2D eigenvalue weighted by molar-refractivity contribution is 6.29. The number of anilines is 1. The van der Waals surface area contributed by atoms with Crippen LogP contribution < -0.4 is 14.9 Å². The molecule has 9 heteroatoms. The lowest BCUT2D eigenvalue weighted by atomic mass is 9.81. The van der Waals surface area contributed by atoms with Gasteiger partial charge in [0.25, 0.3) is 5.91 Å². The number of aliphatic carboxylic acids is 1. The molecule has 0 aromatic carbocycles. The monoisotopic (exact) mass is 471 g/mol. The molecule has 4 heterocycles. The number of aromatic nitrogens is 2. The van der Waals surface area contributed by atoms with E-state index in [4.69, 9.17) is 11.6 Å². The van der Waals surface area contributed by atoms with Crippen LogP contribution in [0.1, 0.15) is 29.6 Å². The quantitative estimate of drug-likeness (QED) is 0.577. The number of hydrogen-bond donors (Lipinski definition) is 1. The molecule has 4 rings (SSSR count). The van der Waals surface area contributed by atoms with Crippen LogP contribution in [0.25, 0.3) is 0 Å². The van der Waals surface area contributed by atoms with E-state index in [1.54, 1.807) is 12.1 Å². The summed E-state index contributed by atoms with van der Waals surface area (Å²) >= 11 is 5.96. The molecule has 0 spiro atoms. The second-order valence-corrected chi connectivity index (χ2v) is 9.35. The summed E-state index contributed by atoms with van der Waals surface area (Å²) in [5.41, 5.74) is 0.517. The minimum absolute atomic E-state index is 0.0364. The van der Waals surface area contributed by atoms with Crippen LogP contribution in [0.5, 0.6) is 0 Å². The summed E-state index contributed by atoms with van der Waals surface area (Å²) < 4.78 is 0.